The van der Waals surface area contributed by atoms with Crippen molar-refractivity contribution >= 4 is 11.8 Å². The maximum absolute atomic E-state index is 12.5. The van der Waals surface area contributed by atoms with Gasteiger partial charge in [-0.1, -0.05) is 36.4 Å². The van der Waals surface area contributed by atoms with E-state index in [1.54, 1.807) is 12.1 Å². The molecule has 0 bridgehead atoms. The Balaban J connectivity index is 1.11. The lowest BCUT2D eigenvalue weighted by atomic mass is 10.1. The highest BCUT2D eigenvalue weighted by molar-refractivity contribution is 6.21. The number of carbonyl (C=O) groups is 2. The average molecular weight is 389 g/mol. The zero-order valence-electron chi connectivity index (χ0n) is 16.7. The molecule has 0 aromatic heterocycles. The number of carbonyl (C=O) groups excluding carboxylic acids is 2. The van der Waals surface area contributed by atoms with Crippen molar-refractivity contribution in [2.45, 2.75) is 25.3 Å². The standard InChI is InChI=1S/C24H27N3O2/c28-23-20-8-3-4-9-21(20)24(29)27(23)13-5-12-25-14-16-26(17-15-25)22-11-10-18-6-1-2-7-19(18)22/h1-4,6-9,22H,5,10-17H2. The fourth-order valence-electron chi connectivity index (χ4n) is 5.11. The first-order chi connectivity index (χ1) is 14.2. The Morgan fingerprint density at radius 2 is 1.45 bits per heavy atom. The summed E-state index contributed by atoms with van der Waals surface area (Å²) in [5.41, 5.74) is 4.12. The van der Waals surface area contributed by atoms with Crippen molar-refractivity contribution in [1.29, 1.82) is 0 Å². The molecule has 1 fully saturated rings. The normalized spacial score (nSPS) is 22.2. The molecule has 1 atom stereocenters. The minimum absolute atomic E-state index is 0.143. The van der Waals surface area contributed by atoms with Crippen LogP contribution in [0.3, 0.4) is 0 Å². The summed E-state index contributed by atoms with van der Waals surface area (Å²) < 4.78 is 0. The molecule has 1 unspecified atom stereocenters. The average Bonchev–Trinajstić information content (AvgIpc) is 3.30. The number of aryl methyl sites for hydroxylation is 1. The topological polar surface area (TPSA) is 43.9 Å². The monoisotopic (exact) mass is 389 g/mol. The molecule has 2 aromatic rings. The van der Waals surface area contributed by atoms with Crippen LogP contribution in [0.2, 0.25) is 0 Å². The zero-order chi connectivity index (χ0) is 19.8. The molecule has 1 saturated heterocycles. The zero-order valence-corrected chi connectivity index (χ0v) is 16.7. The largest absolute Gasteiger partial charge is 0.301 e. The number of benzene rings is 2. The molecular weight excluding hydrogens is 362 g/mol. The van der Waals surface area contributed by atoms with Gasteiger partial charge in [-0.15, -0.1) is 0 Å². The number of imide groups is 1. The number of piperazine rings is 1. The first kappa shape index (κ1) is 18.5. The summed E-state index contributed by atoms with van der Waals surface area (Å²) in [5.74, 6) is -0.286. The van der Waals surface area contributed by atoms with Gasteiger partial charge in [0, 0.05) is 38.8 Å². The molecule has 2 amide bonds. The highest BCUT2D eigenvalue weighted by atomic mass is 16.2. The van der Waals surface area contributed by atoms with Crippen molar-refractivity contribution in [1.82, 2.24) is 14.7 Å². The van der Waals surface area contributed by atoms with E-state index in [0.29, 0.717) is 23.7 Å². The highest BCUT2D eigenvalue weighted by Gasteiger charge is 2.35. The second-order valence-corrected chi connectivity index (χ2v) is 8.29. The second-order valence-electron chi connectivity index (χ2n) is 8.29. The predicted octanol–water partition coefficient (Wildman–Crippen LogP) is 2.98. The molecule has 29 heavy (non-hydrogen) atoms. The van der Waals surface area contributed by atoms with Gasteiger partial charge < -0.3 is 4.90 Å². The van der Waals surface area contributed by atoms with Gasteiger partial charge in [0.2, 0.25) is 0 Å². The van der Waals surface area contributed by atoms with Crippen LogP contribution in [0, 0.1) is 0 Å². The lowest BCUT2D eigenvalue weighted by Gasteiger charge is -2.38. The number of fused-ring (bicyclic) bond motifs is 2. The van der Waals surface area contributed by atoms with Crippen LogP contribution in [-0.2, 0) is 6.42 Å². The van der Waals surface area contributed by atoms with Crippen LogP contribution in [0.5, 0.6) is 0 Å². The van der Waals surface area contributed by atoms with Crippen LogP contribution in [0.1, 0.15) is 50.7 Å². The molecule has 0 radical (unpaired) electrons. The van der Waals surface area contributed by atoms with E-state index in [1.807, 2.05) is 12.1 Å². The van der Waals surface area contributed by atoms with Crippen LogP contribution in [0.4, 0.5) is 0 Å². The van der Waals surface area contributed by atoms with E-state index in [4.69, 9.17) is 0 Å². The van der Waals surface area contributed by atoms with Crippen molar-refractivity contribution in [2.75, 3.05) is 39.3 Å². The molecule has 2 heterocycles. The third-order valence-corrected chi connectivity index (χ3v) is 6.68. The minimum Gasteiger partial charge on any atom is -0.301 e. The molecule has 5 heteroatoms. The third kappa shape index (κ3) is 3.38. The predicted molar refractivity (Wildman–Crippen MR) is 112 cm³/mol. The SMILES string of the molecule is O=C1c2ccccc2C(=O)N1CCCN1CCN(C2CCc3ccccc32)CC1. The summed E-state index contributed by atoms with van der Waals surface area (Å²) in [4.78, 5) is 31.4. The summed E-state index contributed by atoms with van der Waals surface area (Å²) in [6, 6.07) is 16.6. The number of hydrogen-bond donors (Lipinski definition) is 0. The van der Waals surface area contributed by atoms with E-state index < -0.39 is 0 Å². The molecule has 0 spiro atoms. The van der Waals surface area contributed by atoms with Crippen molar-refractivity contribution < 1.29 is 9.59 Å². The number of rotatable bonds is 5. The molecular formula is C24H27N3O2. The molecule has 3 aliphatic rings. The summed E-state index contributed by atoms with van der Waals surface area (Å²) in [5, 5.41) is 0. The van der Waals surface area contributed by atoms with Gasteiger partial charge in [0.15, 0.2) is 0 Å². The fraction of sp³-hybridized carbons (Fsp3) is 0.417. The van der Waals surface area contributed by atoms with Gasteiger partial charge in [-0.25, -0.2) is 0 Å². The van der Waals surface area contributed by atoms with Crippen molar-refractivity contribution in [2.24, 2.45) is 0 Å². The van der Waals surface area contributed by atoms with Gasteiger partial charge in [0.05, 0.1) is 11.1 Å². The Kier molecular flexibility index (Phi) is 4.94. The Labute approximate surface area is 171 Å². The quantitative estimate of drug-likeness (QED) is 0.738. The minimum atomic E-state index is -0.143. The maximum atomic E-state index is 12.5. The molecule has 5 rings (SSSR count). The third-order valence-electron chi connectivity index (χ3n) is 6.68. The Morgan fingerprint density at radius 1 is 0.793 bits per heavy atom. The second kappa shape index (κ2) is 7.73. The van der Waals surface area contributed by atoms with E-state index in [2.05, 4.69) is 34.1 Å². The smallest absolute Gasteiger partial charge is 0.261 e. The molecule has 2 aliphatic heterocycles. The van der Waals surface area contributed by atoms with Crippen LogP contribution < -0.4 is 0 Å². The number of hydrogen-bond acceptors (Lipinski definition) is 4. The van der Waals surface area contributed by atoms with Gasteiger partial charge in [0.1, 0.15) is 0 Å². The van der Waals surface area contributed by atoms with E-state index in [1.165, 1.54) is 28.9 Å². The molecule has 0 saturated carbocycles. The molecule has 0 N–H and O–H groups in total. The summed E-state index contributed by atoms with van der Waals surface area (Å²) in [7, 11) is 0. The maximum Gasteiger partial charge on any atom is 0.261 e. The van der Waals surface area contributed by atoms with Crippen LogP contribution >= 0.6 is 0 Å². The van der Waals surface area contributed by atoms with Crippen molar-refractivity contribution in [3.05, 3.63) is 70.8 Å². The van der Waals surface area contributed by atoms with Gasteiger partial charge in [-0.2, -0.15) is 0 Å². The Morgan fingerprint density at radius 3 is 2.17 bits per heavy atom. The summed E-state index contributed by atoms with van der Waals surface area (Å²) in [6.07, 6.45) is 3.26. The molecule has 2 aromatic carbocycles. The van der Waals surface area contributed by atoms with E-state index in [0.717, 1.165) is 39.1 Å². The van der Waals surface area contributed by atoms with Crippen molar-refractivity contribution in [3.8, 4) is 0 Å². The van der Waals surface area contributed by atoms with E-state index >= 15 is 0 Å². The van der Waals surface area contributed by atoms with Crippen LogP contribution in [-0.4, -0.2) is 65.8 Å². The van der Waals surface area contributed by atoms with Gasteiger partial charge in [-0.05, 0) is 49.1 Å². The molecule has 5 nitrogen and oxygen atoms in total. The fourth-order valence-corrected chi connectivity index (χ4v) is 5.11. The van der Waals surface area contributed by atoms with Crippen molar-refractivity contribution in [3.63, 3.8) is 0 Å². The number of nitrogens with zero attached hydrogens (tertiary/aromatic N) is 3. The summed E-state index contributed by atoms with van der Waals surface area (Å²) in [6.45, 7) is 5.73. The lowest BCUT2D eigenvalue weighted by Crippen LogP contribution is -2.47. The lowest BCUT2D eigenvalue weighted by molar-refractivity contribution is 0.0632. The van der Waals surface area contributed by atoms with Gasteiger partial charge in [0.25, 0.3) is 11.8 Å². The van der Waals surface area contributed by atoms with E-state index in [9.17, 15) is 9.59 Å². The highest BCUT2D eigenvalue weighted by Crippen LogP contribution is 2.35. The van der Waals surface area contributed by atoms with Gasteiger partial charge >= 0.3 is 0 Å². The molecule has 1 aliphatic carbocycles. The Hall–Kier alpha value is -2.50. The first-order valence-corrected chi connectivity index (χ1v) is 10.7. The first-order valence-electron chi connectivity index (χ1n) is 10.7. The van der Waals surface area contributed by atoms with Crippen LogP contribution in [0.15, 0.2) is 48.5 Å². The van der Waals surface area contributed by atoms with Gasteiger partial charge in [-0.3, -0.25) is 19.4 Å². The van der Waals surface area contributed by atoms with E-state index in [-0.39, 0.29) is 11.8 Å². The van der Waals surface area contributed by atoms with Crippen LogP contribution in [0.25, 0.3) is 0 Å². The summed E-state index contributed by atoms with van der Waals surface area (Å²) >= 11 is 0. The number of amides is 2. The molecule has 150 valence electrons. The Bertz CT molecular complexity index is 898.